The van der Waals surface area contributed by atoms with Gasteiger partial charge < -0.3 is 15.0 Å². The van der Waals surface area contributed by atoms with Crippen LogP contribution in [0.15, 0.2) is 24.3 Å². The van der Waals surface area contributed by atoms with E-state index >= 15 is 0 Å². The fourth-order valence-electron chi connectivity index (χ4n) is 3.17. The Morgan fingerprint density at radius 3 is 2.60 bits per heavy atom. The predicted octanol–water partition coefficient (Wildman–Crippen LogP) is 3.82. The number of likely N-dealkylation sites (tertiary alicyclic amines) is 1. The summed E-state index contributed by atoms with van der Waals surface area (Å²) in [7, 11) is 0. The summed E-state index contributed by atoms with van der Waals surface area (Å²) in [5.41, 5.74) is 1.76. The summed E-state index contributed by atoms with van der Waals surface area (Å²) in [6.07, 6.45) is 1.28. The van der Waals surface area contributed by atoms with Crippen LogP contribution in [-0.4, -0.2) is 35.6 Å². The van der Waals surface area contributed by atoms with Crippen molar-refractivity contribution in [1.82, 2.24) is 10.2 Å². The molecule has 1 aromatic carbocycles. The van der Waals surface area contributed by atoms with Crippen molar-refractivity contribution >= 4 is 12.0 Å². The summed E-state index contributed by atoms with van der Waals surface area (Å²) in [4.78, 5) is 26.5. The number of carbonyl (C=O) groups excluding carboxylic acids is 2. The molecule has 1 saturated heterocycles. The van der Waals surface area contributed by atoms with Gasteiger partial charge in [-0.25, -0.2) is 4.79 Å². The molecule has 1 aromatic rings. The monoisotopic (exact) mass is 346 g/mol. The first-order valence-corrected chi connectivity index (χ1v) is 9.01. The second-order valence-electron chi connectivity index (χ2n) is 7.85. The van der Waals surface area contributed by atoms with Gasteiger partial charge in [-0.15, -0.1) is 0 Å². The maximum absolute atomic E-state index is 12.7. The van der Waals surface area contributed by atoms with E-state index in [1.165, 1.54) is 0 Å². The molecule has 0 radical (unpaired) electrons. The third-order valence-corrected chi connectivity index (χ3v) is 4.46. The molecular weight excluding hydrogens is 316 g/mol. The molecule has 5 nitrogen and oxygen atoms in total. The average molecular weight is 346 g/mol. The number of amides is 2. The number of nitrogens with zero attached hydrogens (tertiary/aromatic N) is 1. The highest BCUT2D eigenvalue weighted by molar-refractivity contribution is 5.80. The van der Waals surface area contributed by atoms with E-state index in [-0.39, 0.29) is 24.0 Å². The molecule has 2 amide bonds. The second-order valence-corrected chi connectivity index (χ2v) is 7.85. The van der Waals surface area contributed by atoms with Gasteiger partial charge in [0.1, 0.15) is 5.60 Å². The maximum atomic E-state index is 12.7. The van der Waals surface area contributed by atoms with Crippen LogP contribution < -0.4 is 5.32 Å². The zero-order chi connectivity index (χ0) is 18.6. The van der Waals surface area contributed by atoms with E-state index in [4.69, 9.17) is 4.74 Å². The van der Waals surface area contributed by atoms with E-state index in [9.17, 15) is 9.59 Å². The van der Waals surface area contributed by atoms with Crippen molar-refractivity contribution in [3.05, 3.63) is 35.4 Å². The summed E-state index contributed by atoms with van der Waals surface area (Å²) < 4.78 is 5.43. The molecule has 1 N–H and O–H groups in total. The molecule has 5 heteroatoms. The van der Waals surface area contributed by atoms with E-state index in [2.05, 4.69) is 5.32 Å². The van der Waals surface area contributed by atoms with Crippen LogP contribution in [0.2, 0.25) is 0 Å². The fourth-order valence-corrected chi connectivity index (χ4v) is 3.17. The fraction of sp³-hybridized carbons (Fsp3) is 0.600. The van der Waals surface area contributed by atoms with Crippen molar-refractivity contribution in [3.8, 4) is 0 Å². The number of benzene rings is 1. The van der Waals surface area contributed by atoms with Gasteiger partial charge in [0, 0.05) is 13.1 Å². The van der Waals surface area contributed by atoms with E-state index < -0.39 is 5.60 Å². The standard InChI is InChI=1S/C20H30N2O3/c1-14-9-6-7-11-17(14)15(2)21-18(23)16-10-8-12-22(13-16)19(24)25-20(3,4)5/h6-7,9,11,15-16H,8,10,12-13H2,1-5H3,(H,21,23). The number of nitrogens with one attached hydrogen (secondary N) is 1. The molecule has 0 aromatic heterocycles. The minimum atomic E-state index is -0.522. The molecule has 0 aliphatic carbocycles. The van der Waals surface area contributed by atoms with Crippen LogP contribution in [0.4, 0.5) is 4.79 Å². The molecule has 0 bridgehead atoms. The lowest BCUT2D eigenvalue weighted by Crippen LogP contribution is -2.47. The molecule has 1 aliphatic rings. The Labute approximate surface area is 150 Å². The number of aryl methyl sites for hydroxylation is 1. The number of piperidine rings is 1. The van der Waals surface area contributed by atoms with Crippen molar-refractivity contribution in [2.75, 3.05) is 13.1 Å². The van der Waals surface area contributed by atoms with E-state index in [0.29, 0.717) is 13.1 Å². The summed E-state index contributed by atoms with van der Waals surface area (Å²) in [6, 6.07) is 8.01. The van der Waals surface area contributed by atoms with Gasteiger partial charge in [-0.3, -0.25) is 4.79 Å². The Hall–Kier alpha value is -2.04. The first kappa shape index (κ1) is 19.3. The van der Waals surface area contributed by atoms with Crippen molar-refractivity contribution < 1.29 is 14.3 Å². The number of rotatable bonds is 3. The Balaban J connectivity index is 1.95. The Kier molecular flexibility index (Phi) is 6.09. The SMILES string of the molecule is Cc1ccccc1C(C)NC(=O)C1CCCN(C(=O)OC(C)(C)C)C1. The van der Waals surface area contributed by atoms with Crippen molar-refractivity contribution in [1.29, 1.82) is 0 Å². The second kappa shape index (κ2) is 7.89. The van der Waals surface area contributed by atoms with Crippen LogP contribution in [0, 0.1) is 12.8 Å². The van der Waals surface area contributed by atoms with Crippen molar-refractivity contribution in [2.24, 2.45) is 5.92 Å². The smallest absolute Gasteiger partial charge is 0.410 e. The summed E-state index contributed by atoms with van der Waals surface area (Å²) in [5.74, 6) is -0.184. The minimum absolute atomic E-state index is 0.00371. The number of ether oxygens (including phenoxy) is 1. The molecule has 2 unspecified atom stereocenters. The van der Waals surface area contributed by atoms with E-state index in [1.807, 2.05) is 58.9 Å². The molecule has 2 rings (SSSR count). The molecule has 1 fully saturated rings. The van der Waals surface area contributed by atoms with Gasteiger partial charge in [0.2, 0.25) is 5.91 Å². The van der Waals surface area contributed by atoms with Crippen molar-refractivity contribution in [3.63, 3.8) is 0 Å². The zero-order valence-electron chi connectivity index (χ0n) is 16.0. The molecular formula is C20H30N2O3. The Bertz CT molecular complexity index is 622. The van der Waals surface area contributed by atoms with Crippen LogP contribution in [0.25, 0.3) is 0 Å². The lowest BCUT2D eigenvalue weighted by molar-refractivity contribution is -0.127. The highest BCUT2D eigenvalue weighted by Gasteiger charge is 2.31. The average Bonchev–Trinajstić information content (AvgIpc) is 2.53. The third-order valence-electron chi connectivity index (χ3n) is 4.46. The number of carbonyl (C=O) groups is 2. The first-order valence-electron chi connectivity index (χ1n) is 9.01. The molecule has 0 spiro atoms. The van der Waals surface area contributed by atoms with Gasteiger partial charge in [0.25, 0.3) is 0 Å². The highest BCUT2D eigenvalue weighted by atomic mass is 16.6. The van der Waals surface area contributed by atoms with E-state index in [1.54, 1.807) is 4.90 Å². The topological polar surface area (TPSA) is 58.6 Å². The predicted molar refractivity (Wildman–Crippen MR) is 98.3 cm³/mol. The Morgan fingerprint density at radius 2 is 1.96 bits per heavy atom. The van der Waals surface area contributed by atoms with Crippen LogP contribution in [0.1, 0.15) is 57.7 Å². The normalized spacial score (nSPS) is 19.2. The van der Waals surface area contributed by atoms with Gasteiger partial charge in [0.05, 0.1) is 12.0 Å². The largest absolute Gasteiger partial charge is 0.444 e. The first-order chi connectivity index (χ1) is 11.7. The van der Waals surface area contributed by atoms with Gasteiger partial charge in [0.15, 0.2) is 0 Å². The zero-order valence-corrected chi connectivity index (χ0v) is 16.0. The van der Waals surface area contributed by atoms with Gasteiger partial charge >= 0.3 is 6.09 Å². The Morgan fingerprint density at radius 1 is 1.28 bits per heavy atom. The summed E-state index contributed by atoms with van der Waals surface area (Å²) in [6.45, 7) is 10.7. The lowest BCUT2D eigenvalue weighted by atomic mass is 9.96. The molecule has 25 heavy (non-hydrogen) atoms. The summed E-state index contributed by atoms with van der Waals surface area (Å²) in [5, 5.41) is 3.10. The van der Waals surface area contributed by atoms with Crippen LogP contribution >= 0.6 is 0 Å². The minimum Gasteiger partial charge on any atom is -0.444 e. The van der Waals surface area contributed by atoms with Crippen LogP contribution in [0.5, 0.6) is 0 Å². The molecule has 0 saturated carbocycles. The number of hydrogen-bond acceptors (Lipinski definition) is 3. The van der Waals surface area contributed by atoms with Crippen LogP contribution in [-0.2, 0) is 9.53 Å². The molecule has 1 aliphatic heterocycles. The lowest BCUT2D eigenvalue weighted by Gasteiger charge is -2.34. The van der Waals surface area contributed by atoms with E-state index in [0.717, 1.165) is 24.0 Å². The molecule has 2 atom stereocenters. The molecule has 138 valence electrons. The molecule has 1 heterocycles. The quantitative estimate of drug-likeness (QED) is 0.905. The van der Waals surface area contributed by atoms with Crippen molar-refractivity contribution in [2.45, 2.75) is 59.1 Å². The summed E-state index contributed by atoms with van der Waals surface area (Å²) >= 11 is 0. The van der Waals surface area contributed by atoms with Crippen LogP contribution in [0.3, 0.4) is 0 Å². The number of hydrogen-bond donors (Lipinski definition) is 1. The maximum Gasteiger partial charge on any atom is 0.410 e. The van der Waals surface area contributed by atoms with Gasteiger partial charge in [-0.2, -0.15) is 0 Å². The van der Waals surface area contributed by atoms with Gasteiger partial charge in [-0.05, 0) is 58.6 Å². The van der Waals surface area contributed by atoms with Gasteiger partial charge in [-0.1, -0.05) is 24.3 Å². The highest BCUT2D eigenvalue weighted by Crippen LogP contribution is 2.22. The third kappa shape index (κ3) is 5.48.